The van der Waals surface area contributed by atoms with Crippen LogP contribution < -0.4 is 15.4 Å². The lowest BCUT2D eigenvalue weighted by Gasteiger charge is -2.38. The monoisotopic (exact) mass is 332 g/mol. The topological polar surface area (TPSA) is 59.6 Å². The minimum absolute atomic E-state index is 0.0450. The van der Waals surface area contributed by atoms with Crippen LogP contribution in [-0.4, -0.2) is 45.9 Å². The molecule has 2 fully saturated rings. The minimum Gasteiger partial charge on any atom is -0.497 e. The Balaban J connectivity index is 1.58. The molecule has 2 aliphatic rings. The van der Waals surface area contributed by atoms with Gasteiger partial charge in [-0.25, -0.2) is 0 Å². The van der Waals surface area contributed by atoms with E-state index in [0.29, 0.717) is 13.1 Å². The van der Waals surface area contributed by atoms with Crippen LogP contribution in [0.25, 0.3) is 0 Å². The number of benzene rings is 1. The van der Waals surface area contributed by atoms with E-state index >= 15 is 0 Å². The Kier molecular flexibility index (Phi) is 5.74. The smallest absolute Gasteiger partial charge is 0.233 e. The molecule has 132 valence electrons. The number of amides is 1. The largest absolute Gasteiger partial charge is 0.497 e. The first-order chi connectivity index (χ1) is 11.7. The van der Waals surface area contributed by atoms with Crippen LogP contribution in [0, 0.1) is 5.92 Å². The van der Waals surface area contributed by atoms with Gasteiger partial charge in [-0.1, -0.05) is 12.1 Å². The summed E-state index contributed by atoms with van der Waals surface area (Å²) >= 11 is 0. The van der Waals surface area contributed by atoms with Crippen LogP contribution >= 0.6 is 0 Å². The molecule has 2 N–H and O–H groups in total. The first-order valence-corrected chi connectivity index (χ1v) is 8.91. The van der Waals surface area contributed by atoms with Crippen LogP contribution in [-0.2, 0) is 14.9 Å². The highest BCUT2D eigenvalue weighted by Gasteiger charge is 2.34. The summed E-state index contributed by atoms with van der Waals surface area (Å²) in [7, 11) is 1.67. The molecule has 1 aromatic carbocycles. The quantitative estimate of drug-likeness (QED) is 0.763. The van der Waals surface area contributed by atoms with Crippen molar-refractivity contribution in [2.75, 3.05) is 40.0 Å². The fourth-order valence-corrected chi connectivity index (χ4v) is 3.32. The molecule has 0 bridgehead atoms. The maximum absolute atomic E-state index is 12.1. The van der Waals surface area contributed by atoms with Crippen molar-refractivity contribution < 1.29 is 14.3 Å². The van der Waals surface area contributed by atoms with Gasteiger partial charge in [0.05, 0.1) is 13.7 Å². The third-order valence-corrected chi connectivity index (χ3v) is 5.19. The van der Waals surface area contributed by atoms with E-state index in [-0.39, 0.29) is 11.3 Å². The molecular formula is C19H28N2O3. The molecule has 5 heteroatoms. The van der Waals surface area contributed by atoms with Crippen LogP contribution in [0.4, 0.5) is 0 Å². The lowest BCUT2D eigenvalue weighted by atomic mass is 9.74. The molecule has 24 heavy (non-hydrogen) atoms. The number of methoxy groups -OCH3 is 1. The van der Waals surface area contributed by atoms with E-state index in [9.17, 15) is 4.79 Å². The normalized spacial score (nSPS) is 19.7. The number of hydrogen-bond donors (Lipinski definition) is 2. The van der Waals surface area contributed by atoms with Crippen molar-refractivity contribution in [2.24, 2.45) is 5.92 Å². The Morgan fingerprint density at radius 3 is 2.58 bits per heavy atom. The molecule has 1 aliphatic carbocycles. The van der Waals surface area contributed by atoms with Gasteiger partial charge in [0, 0.05) is 25.2 Å². The summed E-state index contributed by atoms with van der Waals surface area (Å²) in [5.41, 5.74) is 1.20. The second-order valence-corrected chi connectivity index (χ2v) is 6.97. The van der Waals surface area contributed by atoms with Crippen LogP contribution in [0.3, 0.4) is 0 Å². The van der Waals surface area contributed by atoms with Crippen LogP contribution in [0.15, 0.2) is 24.3 Å². The second-order valence-electron chi connectivity index (χ2n) is 6.97. The molecule has 0 unspecified atom stereocenters. The van der Waals surface area contributed by atoms with Gasteiger partial charge in [0.1, 0.15) is 5.75 Å². The minimum atomic E-state index is -0.0450. The summed E-state index contributed by atoms with van der Waals surface area (Å²) in [4.78, 5) is 12.1. The van der Waals surface area contributed by atoms with Gasteiger partial charge in [-0.2, -0.15) is 0 Å². The SMILES string of the molecule is COc1ccc(C2(CNC(=O)CNCC3CC3)CCOCC2)cc1. The van der Waals surface area contributed by atoms with Crippen molar-refractivity contribution in [2.45, 2.75) is 31.1 Å². The van der Waals surface area contributed by atoms with Gasteiger partial charge < -0.3 is 20.1 Å². The summed E-state index contributed by atoms with van der Waals surface area (Å²) in [5.74, 6) is 1.73. The predicted molar refractivity (Wildman–Crippen MR) is 93.3 cm³/mol. The highest BCUT2D eigenvalue weighted by Crippen LogP contribution is 2.35. The van der Waals surface area contributed by atoms with Crippen LogP contribution in [0.2, 0.25) is 0 Å². The van der Waals surface area contributed by atoms with Crippen LogP contribution in [0.1, 0.15) is 31.2 Å². The van der Waals surface area contributed by atoms with E-state index in [0.717, 1.165) is 44.3 Å². The molecule has 0 spiro atoms. The molecule has 5 nitrogen and oxygen atoms in total. The highest BCUT2D eigenvalue weighted by molar-refractivity contribution is 5.78. The lowest BCUT2D eigenvalue weighted by molar-refractivity contribution is -0.120. The molecule has 0 aromatic heterocycles. The molecule has 1 aromatic rings. The number of carbonyl (C=O) groups is 1. The Morgan fingerprint density at radius 2 is 1.96 bits per heavy atom. The zero-order valence-electron chi connectivity index (χ0n) is 14.5. The van der Waals surface area contributed by atoms with Crippen molar-refractivity contribution in [3.8, 4) is 5.75 Å². The number of hydrogen-bond acceptors (Lipinski definition) is 4. The van der Waals surface area contributed by atoms with E-state index in [1.807, 2.05) is 12.1 Å². The standard InChI is InChI=1S/C19H28N2O3/c1-23-17-6-4-16(5-7-17)19(8-10-24-11-9-19)14-21-18(22)13-20-12-15-2-3-15/h4-7,15,20H,2-3,8-14H2,1H3,(H,21,22). The molecule has 3 rings (SSSR count). The Bertz CT molecular complexity index is 534. The first kappa shape index (κ1) is 17.2. The second kappa shape index (κ2) is 7.99. The molecule has 1 aliphatic heterocycles. The third-order valence-electron chi connectivity index (χ3n) is 5.19. The average molecular weight is 332 g/mol. The lowest BCUT2D eigenvalue weighted by Crippen LogP contribution is -2.46. The first-order valence-electron chi connectivity index (χ1n) is 8.91. The molecule has 0 atom stereocenters. The summed E-state index contributed by atoms with van der Waals surface area (Å²) in [5, 5.41) is 6.38. The predicted octanol–water partition coefficient (Wildman–Crippen LogP) is 1.86. The van der Waals surface area contributed by atoms with E-state index in [2.05, 4.69) is 22.8 Å². The maximum Gasteiger partial charge on any atom is 0.233 e. The van der Waals surface area contributed by atoms with Crippen LogP contribution in [0.5, 0.6) is 5.75 Å². The van der Waals surface area contributed by atoms with Gasteiger partial charge in [0.15, 0.2) is 0 Å². The molecule has 0 radical (unpaired) electrons. The van der Waals surface area contributed by atoms with Crippen molar-refractivity contribution >= 4 is 5.91 Å². The molecule has 1 saturated carbocycles. The average Bonchev–Trinajstić information content (AvgIpc) is 3.45. The summed E-state index contributed by atoms with van der Waals surface area (Å²) < 4.78 is 10.8. The van der Waals surface area contributed by atoms with Gasteiger partial charge in [0.2, 0.25) is 5.91 Å². The summed E-state index contributed by atoms with van der Waals surface area (Å²) in [6.45, 7) is 3.51. The third kappa shape index (κ3) is 4.48. The van der Waals surface area contributed by atoms with Crippen molar-refractivity contribution in [1.29, 1.82) is 0 Å². The highest BCUT2D eigenvalue weighted by atomic mass is 16.5. The zero-order chi connectivity index (χ0) is 16.8. The fraction of sp³-hybridized carbons (Fsp3) is 0.632. The molecular weight excluding hydrogens is 304 g/mol. The van der Waals surface area contributed by atoms with Gasteiger partial charge >= 0.3 is 0 Å². The van der Waals surface area contributed by atoms with E-state index in [1.54, 1.807) is 7.11 Å². The van der Waals surface area contributed by atoms with E-state index < -0.39 is 0 Å². The number of rotatable bonds is 8. The number of ether oxygens (including phenoxy) is 2. The van der Waals surface area contributed by atoms with Crippen molar-refractivity contribution in [3.05, 3.63) is 29.8 Å². The van der Waals surface area contributed by atoms with Gasteiger partial charge in [-0.05, 0) is 55.8 Å². The van der Waals surface area contributed by atoms with E-state index in [1.165, 1.54) is 18.4 Å². The van der Waals surface area contributed by atoms with Crippen molar-refractivity contribution in [1.82, 2.24) is 10.6 Å². The Morgan fingerprint density at radius 1 is 1.25 bits per heavy atom. The summed E-state index contributed by atoms with van der Waals surface area (Å²) in [6.07, 6.45) is 4.45. The number of nitrogens with one attached hydrogen (secondary N) is 2. The Hall–Kier alpha value is -1.59. The van der Waals surface area contributed by atoms with Gasteiger partial charge in [-0.15, -0.1) is 0 Å². The van der Waals surface area contributed by atoms with Gasteiger partial charge in [0.25, 0.3) is 0 Å². The fourth-order valence-electron chi connectivity index (χ4n) is 3.32. The maximum atomic E-state index is 12.1. The Labute approximate surface area is 144 Å². The zero-order valence-corrected chi connectivity index (χ0v) is 14.5. The number of carbonyl (C=O) groups excluding carboxylic acids is 1. The van der Waals surface area contributed by atoms with Crippen molar-refractivity contribution in [3.63, 3.8) is 0 Å². The molecule has 1 heterocycles. The summed E-state index contributed by atoms with van der Waals surface area (Å²) in [6, 6.07) is 8.21. The molecule has 1 amide bonds. The molecule has 1 saturated heterocycles. The van der Waals surface area contributed by atoms with Gasteiger partial charge in [-0.3, -0.25) is 4.79 Å². The van der Waals surface area contributed by atoms with E-state index in [4.69, 9.17) is 9.47 Å².